The monoisotopic (exact) mass is 284 g/mol. The Balaban J connectivity index is 2.83. The third-order valence-corrected chi connectivity index (χ3v) is 2.79. The van der Waals surface area contributed by atoms with E-state index in [4.69, 9.17) is 15.6 Å². The molecule has 1 heterocycles. The molecule has 0 saturated carbocycles. The van der Waals surface area contributed by atoms with Crippen LogP contribution in [-0.4, -0.2) is 59.9 Å². The van der Waals surface area contributed by atoms with E-state index in [1.54, 1.807) is 0 Å². The molecule has 0 aromatic carbocycles. The Morgan fingerprint density at radius 1 is 1.32 bits per heavy atom. The largest absolute Gasteiger partial charge is 0.480 e. The number of ether oxygens (including phenoxy) is 1. The smallest absolute Gasteiger partial charge is 0.406 e. The van der Waals surface area contributed by atoms with Crippen molar-refractivity contribution in [1.29, 1.82) is 0 Å². The standard InChI is InChI=1S/C10H15F3N2O4/c11-10(12,13)6-15(5-7(16)17)8(18)9(14)1-3-19-4-2-9/h1-6,14H2,(H,16,17). The molecule has 0 radical (unpaired) electrons. The summed E-state index contributed by atoms with van der Waals surface area (Å²) in [4.78, 5) is 22.8. The molecule has 0 bridgehead atoms. The number of hydrogen-bond donors (Lipinski definition) is 2. The Morgan fingerprint density at radius 2 is 1.84 bits per heavy atom. The van der Waals surface area contributed by atoms with E-state index in [1.807, 2.05) is 0 Å². The van der Waals surface area contributed by atoms with Gasteiger partial charge in [-0.1, -0.05) is 0 Å². The van der Waals surface area contributed by atoms with E-state index in [-0.39, 0.29) is 31.0 Å². The molecule has 1 aliphatic heterocycles. The van der Waals surface area contributed by atoms with E-state index in [0.717, 1.165) is 0 Å². The highest BCUT2D eigenvalue weighted by Crippen LogP contribution is 2.23. The lowest BCUT2D eigenvalue weighted by atomic mass is 9.89. The topological polar surface area (TPSA) is 92.9 Å². The second-order valence-corrected chi connectivity index (χ2v) is 4.44. The van der Waals surface area contributed by atoms with Crippen molar-refractivity contribution in [1.82, 2.24) is 4.90 Å². The fourth-order valence-electron chi connectivity index (χ4n) is 1.84. The number of alkyl halides is 3. The maximum absolute atomic E-state index is 12.4. The Hall–Kier alpha value is -1.35. The van der Waals surface area contributed by atoms with E-state index in [0.29, 0.717) is 0 Å². The van der Waals surface area contributed by atoms with Crippen molar-refractivity contribution in [3.05, 3.63) is 0 Å². The van der Waals surface area contributed by atoms with Gasteiger partial charge in [0.15, 0.2) is 0 Å². The van der Waals surface area contributed by atoms with Crippen LogP contribution in [0.1, 0.15) is 12.8 Å². The Kier molecular flexibility index (Phi) is 4.75. The molecule has 0 spiro atoms. The molecule has 1 saturated heterocycles. The minimum atomic E-state index is -4.67. The van der Waals surface area contributed by atoms with Crippen molar-refractivity contribution in [2.24, 2.45) is 5.73 Å². The summed E-state index contributed by atoms with van der Waals surface area (Å²) >= 11 is 0. The third kappa shape index (κ3) is 4.67. The molecule has 1 amide bonds. The molecule has 9 heteroatoms. The number of carbonyl (C=O) groups excluding carboxylic acids is 1. The first-order valence-electron chi connectivity index (χ1n) is 5.59. The molecule has 0 atom stereocenters. The Morgan fingerprint density at radius 3 is 2.26 bits per heavy atom. The molecule has 1 aliphatic rings. The molecule has 110 valence electrons. The highest BCUT2D eigenvalue weighted by atomic mass is 19.4. The molecule has 1 fully saturated rings. The van der Waals surface area contributed by atoms with Crippen LogP contribution in [-0.2, 0) is 14.3 Å². The summed E-state index contributed by atoms with van der Waals surface area (Å²) in [5.74, 6) is -2.52. The van der Waals surface area contributed by atoms with Gasteiger partial charge in [0, 0.05) is 13.2 Å². The fourth-order valence-corrected chi connectivity index (χ4v) is 1.84. The van der Waals surface area contributed by atoms with Crippen LogP contribution in [0.4, 0.5) is 13.2 Å². The van der Waals surface area contributed by atoms with Gasteiger partial charge in [0.2, 0.25) is 5.91 Å². The molecule has 0 unspecified atom stereocenters. The zero-order chi connectivity index (χ0) is 14.7. The van der Waals surface area contributed by atoms with E-state index in [9.17, 15) is 22.8 Å². The van der Waals surface area contributed by atoms with Gasteiger partial charge in [-0.05, 0) is 12.8 Å². The summed E-state index contributed by atoms with van der Waals surface area (Å²) < 4.78 is 42.1. The molecule has 0 aromatic heterocycles. The van der Waals surface area contributed by atoms with Gasteiger partial charge >= 0.3 is 12.1 Å². The third-order valence-electron chi connectivity index (χ3n) is 2.79. The van der Waals surface area contributed by atoms with Gasteiger partial charge in [0.25, 0.3) is 0 Å². The van der Waals surface area contributed by atoms with Crippen molar-refractivity contribution >= 4 is 11.9 Å². The van der Waals surface area contributed by atoms with Gasteiger partial charge in [-0.25, -0.2) is 0 Å². The second-order valence-electron chi connectivity index (χ2n) is 4.44. The first-order valence-corrected chi connectivity index (χ1v) is 5.59. The van der Waals surface area contributed by atoms with Gasteiger partial charge in [-0.15, -0.1) is 0 Å². The second kappa shape index (κ2) is 5.74. The van der Waals surface area contributed by atoms with Crippen LogP contribution in [0.3, 0.4) is 0 Å². The number of rotatable bonds is 4. The molecule has 1 rings (SSSR count). The fraction of sp³-hybridized carbons (Fsp3) is 0.800. The van der Waals surface area contributed by atoms with Crippen LogP contribution in [0.15, 0.2) is 0 Å². The molecule has 19 heavy (non-hydrogen) atoms. The average Bonchev–Trinajstić information content (AvgIpc) is 2.25. The molecular weight excluding hydrogens is 269 g/mol. The number of aliphatic carboxylic acids is 1. The Bertz CT molecular complexity index is 353. The molecule has 0 aromatic rings. The van der Waals surface area contributed by atoms with Crippen molar-refractivity contribution < 1.29 is 32.6 Å². The van der Waals surface area contributed by atoms with E-state index >= 15 is 0 Å². The maximum atomic E-state index is 12.4. The number of carbonyl (C=O) groups is 2. The van der Waals surface area contributed by atoms with Crippen LogP contribution >= 0.6 is 0 Å². The van der Waals surface area contributed by atoms with Crippen LogP contribution in [0.2, 0.25) is 0 Å². The van der Waals surface area contributed by atoms with Crippen molar-refractivity contribution in [2.45, 2.75) is 24.6 Å². The van der Waals surface area contributed by atoms with Crippen LogP contribution < -0.4 is 5.73 Å². The van der Waals surface area contributed by atoms with E-state index in [2.05, 4.69) is 0 Å². The summed E-state index contributed by atoms with van der Waals surface area (Å²) in [6.45, 7) is -2.33. The first kappa shape index (κ1) is 15.7. The summed E-state index contributed by atoms with van der Waals surface area (Å²) in [5, 5.41) is 8.59. The average molecular weight is 284 g/mol. The van der Waals surface area contributed by atoms with Gasteiger partial charge < -0.3 is 20.5 Å². The minimum Gasteiger partial charge on any atom is -0.480 e. The number of amides is 1. The zero-order valence-corrected chi connectivity index (χ0v) is 10.1. The predicted octanol–water partition coefficient (Wildman–Crippen LogP) is -0.0302. The lowest BCUT2D eigenvalue weighted by molar-refractivity contribution is -0.170. The SMILES string of the molecule is NC1(C(=O)N(CC(=O)O)CC(F)(F)F)CCOCC1. The maximum Gasteiger partial charge on any atom is 0.406 e. The highest BCUT2D eigenvalue weighted by molar-refractivity contribution is 5.89. The lowest BCUT2D eigenvalue weighted by Gasteiger charge is -2.36. The highest BCUT2D eigenvalue weighted by Gasteiger charge is 2.43. The predicted molar refractivity (Wildman–Crippen MR) is 57.2 cm³/mol. The minimum absolute atomic E-state index is 0.0693. The van der Waals surface area contributed by atoms with E-state index in [1.165, 1.54) is 0 Å². The molecule has 0 aliphatic carbocycles. The Labute approximate surface area is 107 Å². The number of hydrogen-bond acceptors (Lipinski definition) is 4. The first-order chi connectivity index (χ1) is 8.64. The molecule has 3 N–H and O–H groups in total. The zero-order valence-electron chi connectivity index (χ0n) is 10.1. The lowest BCUT2D eigenvalue weighted by Crippen LogP contribution is -2.60. The van der Waals surface area contributed by atoms with Crippen LogP contribution in [0.5, 0.6) is 0 Å². The van der Waals surface area contributed by atoms with Crippen molar-refractivity contribution in [3.63, 3.8) is 0 Å². The summed E-state index contributed by atoms with van der Waals surface area (Å²) in [6.07, 6.45) is -4.54. The summed E-state index contributed by atoms with van der Waals surface area (Å²) in [5.41, 5.74) is 4.28. The summed E-state index contributed by atoms with van der Waals surface area (Å²) in [6, 6.07) is 0. The van der Waals surface area contributed by atoms with E-state index < -0.39 is 36.7 Å². The van der Waals surface area contributed by atoms with Gasteiger partial charge in [0.05, 0.1) is 5.54 Å². The number of nitrogens with two attached hydrogens (primary N) is 1. The number of carboxylic acid groups (broad SMARTS) is 1. The normalized spacial score (nSPS) is 18.9. The van der Waals surface area contributed by atoms with Gasteiger partial charge in [-0.3, -0.25) is 9.59 Å². The van der Waals surface area contributed by atoms with Gasteiger partial charge in [-0.2, -0.15) is 13.2 Å². The molecular formula is C10H15F3N2O4. The summed E-state index contributed by atoms with van der Waals surface area (Å²) in [7, 11) is 0. The van der Waals surface area contributed by atoms with Gasteiger partial charge in [0.1, 0.15) is 13.1 Å². The number of nitrogens with zero attached hydrogens (tertiary/aromatic N) is 1. The van der Waals surface area contributed by atoms with Crippen LogP contribution in [0, 0.1) is 0 Å². The van der Waals surface area contributed by atoms with Crippen molar-refractivity contribution in [2.75, 3.05) is 26.3 Å². The van der Waals surface area contributed by atoms with Crippen molar-refractivity contribution in [3.8, 4) is 0 Å². The molecule has 6 nitrogen and oxygen atoms in total. The quantitative estimate of drug-likeness (QED) is 0.756. The number of carboxylic acids is 1. The number of halogens is 3. The van der Waals surface area contributed by atoms with Crippen LogP contribution in [0.25, 0.3) is 0 Å².